The zero-order chi connectivity index (χ0) is 12.3. The molecule has 17 heavy (non-hydrogen) atoms. The Morgan fingerprint density at radius 1 is 1.29 bits per heavy atom. The molecule has 90 valence electrons. The van der Waals surface area contributed by atoms with E-state index >= 15 is 0 Å². The van der Waals surface area contributed by atoms with Gasteiger partial charge in [0.1, 0.15) is 0 Å². The van der Waals surface area contributed by atoms with Crippen LogP contribution in [0.3, 0.4) is 0 Å². The average Bonchev–Trinajstić information content (AvgIpc) is 2.84. The number of aromatic amines is 1. The van der Waals surface area contributed by atoms with Crippen LogP contribution in [0.4, 0.5) is 0 Å². The summed E-state index contributed by atoms with van der Waals surface area (Å²) in [4.78, 5) is 6.27. The Bertz CT molecular complexity index is 564. The quantitative estimate of drug-likeness (QED) is 0.863. The number of benzene rings is 1. The van der Waals surface area contributed by atoms with Crippen LogP contribution < -0.4 is 4.72 Å². The van der Waals surface area contributed by atoms with E-state index in [0.717, 1.165) is 5.56 Å². The van der Waals surface area contributed by atoms with E-state index < -0.39 is 10.0 Å². The summed E-state index contributed by atoms with van der Waals surface area (Å²) in [6, 6.07) is 9.09. The molecular weight excluding hydrogens is 238 g/mol. The van der Waals surface area contributed by atoms with Crippen molar-refractivity contribution >= 4 is 10.0 Å². The van der Waals surface area contributed by atoms with Crippen molar-refractivity contribution in [2.45, 2.75) is 18.0 Å². The van der Waals surface area contributed by atoms with Gasteiger partial charge in [-0.25, -0.2) is 18.1 Å². The van der Waals surface area contributed by atoms with Crippen LogP contribution in [-0.2, 0) is 10.0 Å². The summed E-state index contributed by atoms with van der Waals surface area (Å²) in [6.07, 6.45) is 2.61. The molecule has 0 aliphatic carbocycles. The second-order valence-corrected chi connectivity index (χ2v) is 5.35. The second kappa shape index (κ2) is 4.68. The Hall–Kier alpha value is -1.66. The lowest BCUT2D eigenvalue weighted by molar-refractivity contribution is 0.564. The third-order valence-electron chi connectivity index (χ3n) is 2.39. The van der Waals surface area contributed by atoms with E-state index in [9.17, 15) is 8.42 Å². The van der Waals surface area contributed by atoms with E-state index in [1.807, 2.05) is 30.3 Å². The van der Waals surface area contributed by atoms with Gasteiger partial charge in [-0.05, 0) is 12.5 Å². The molecule has 0 saturated carbocycles. The molecule has 0 aliphatic rings. The molecule has 0 radical (unpaired) electrons. The standard InChI is InChI=1S/C11H13N3O2S/c1-9(10-5-3-2-4-6-10)14-17(15,16)11-7-12-8-13-11/h2-9,14H,1H3,(H,12,13)/t9-/m1/s1. The van der Waals surface area contributed by atoms with E-state index in [-0.39, 0.29) is 11.1 Å². The highest BCUT2D eigenvalue weighted by Crippen LogP contribution is 2.14. The Morgan fingerprint density at radius 3 is 2.59 bits per heavy atom. The summed E-state index contributed by atoms with van der Waals surface area (Å²) >= 11 is 0. The normalized spacial score (nSPS) is 13.5. The first kappa shape index (κ1) is 11.8. The van der Waals surface area contributed by atoms with Gasteiger partial charge in [-0.3, -0.25) is 0 Å². The highest BCUT2D eigenvalue weighted by Gasteiger charge is 2.19. The minimum atomic E-state index is -3.53. The summed E-state index contributed by atoms with van der Waals surface area (Å²) in [6.45, 7) is 1.79. The van der Waals surface area contributed by atoms with Gasteiger partial charge in [-0.15, -0.1) is 0 Å². The van der Waals surface area contributed by atoms with Gasteiger partial charge in [-0.1, -0.05) is 30.3 Å². The van der Waals surface area contributed by atoms with Gasteiger partial charge >= 0.3 is 0 Å². The van der Waals surface area contributed by atoms with Crippen molar-refractivity contribution in [3.05, 3.63) is 48.4 Å². The Kier molecular flexibility index (Phi) is 3.26. The Balaban J connectivity index is 2.17. The van der Waals surface area contributed by atoms with E-state index in [1.165, 1.54) is 12.5 Å². The number of H-pyrrole nitrogens is 1. The molecular formula is C11H13N3O2S. The van der Waals surface area contributed by atoms with Gasteiger partial charge in [-0.2, -0.15) is 0 Å². The first-order valence-electron chi connectivity index (χ1n) is 5.15. The predicted molar refractivity (Wildman–Crippen MR) is 63.8 cm³/mol. The maximum absolute atomic E-state index is 11.9. The fourth-order valence-corrected chi connectivity index (χ4v) is 2.63. The highest BCUT2D eigenvalue weighted by molar-refractivity contribution is 7.89. The van der Waals surface area contributed by atoms with Crippen molar-refractivity contribution in [1.29, 1.82) is 0 Å². The first-order chi connectivity index (χ1) is 8.09. The van der Waals surface area contributed by atoms with E-state index in [0.29, 0.717) is 0 Å². The van der Waals surface area contributed by atoms with Gasteiger partial charge in [0.05, 0.1) is 12.5 Å². The second-order valence-electron chi connectivity index (χ2n) is 3.67. The van der Waals surface area contributed by atoms with Gasteiger partial charge in [0.25, 0.3) is 10.0 Å². The number of rotatable bonds is 4. The number of nitrogens with one attached hydrogen (secondary N) is 2. The summed E-state index contributed by atoms with van der Waals surface area (Å²) in [5, 5.41) is 0.0697. The van der Waals surface area contributed by atoms with Crippen LogP contribution in [0.1, 0.15) is 18.5 Å². The van der Waals surface area contributed by atoms with Crippen LogP contribution in [0, 0.1) is 0 Å². The molecule has 6 heteroatoms. The molecule has 0 bridgehead atoms. The molecule has 1 aromatic heterocycles. The van der Waals surface area contributed by atoms with Crippen molar-refractivity contribution in [3.8, 4) is 0 Å². The van der Waals surface area contributed by atoms with Crippen molar-refractivity contribution < 1.29 is 8.42 Å². The molecule has 1 aromatic carbocycles. The maximum atomic E-state index is 11.9. The van der Waals surface area contributed by atoms with Crippen molar-refractivity contribution in [2.75, 3.05) is 0 Å². The fourth-order valence-electron chi connectivity index (χ4n) is 1.50. The minimum Gasteiger partial charge on any atom is -0.335 e. The lowest BCUT2D eigenvalue weighted by atomic mass is 10.1. The van der Waals surface area contributed by atoms with Crippen molar-refractivity contribution in [2.24, 2.45) is 0 Å². The number of hydrogen-bond acceptors (Lipinski definition) is 3. The largest absolute Gasteiger partial charge is 0.335 e. The van der Waals surface area contributed by atoms with E-state index in [4.69, 9.17) is 0 Å². The molecule has 2 rings (SSSR count). The van der Waals surface area contributed by atoms with Crippen LogP contribution >= 0.6 is 0 Å². The summed E-state index contributed by atoms with van der Waals surface area (Å²) in [7, 11) is -3.53. The van der Waals surface area contributed by atoms with Crippen LogP contribution in [0.5, 0.6) is 0 Å². The predicted octanol–water partition coefficient (Wildman–Crippen LogP) is 1.45. The van der Waals surface area contributed by atoms with E-state index in [1.54, 1.807) is 6.92 Å². The van der Waals surface area contributed by atoms with Crippen LogP contribution in [0.15, 0.2) is 47.9 Å². The number of hydrogen-bond donors (Lipinski definition) is 2. The molecule has 2 N–H and O–H groups in total. The Labute approximate surface area is 100.0 Å². The summed E-state index contributed by atoms with van der Waals surface area (Å²) in [5.74, 6) is 0. The molecule has 5 nitrogen and oxygen atoms in total. The molecule has 0 amide bonds. The molecule has 0 saturated heterocycles. The van der Waals surface area contributed by atoms with Crippen molar-refractivity contribution in [1.82, 2.24) is 14.7 Å². The molecule has 1 atom stereocenters. The highest BCUT2D eigenvalue weighted by atomic mass is 32.2. The van der Waals surface area contributed by atoms with Crippen LogP contribution in [0.2, 0.25) is 0 Å². The number of aromatic nitrogens is 2. The molecule has 0 spiro atoms. The summed E-state index contributed by atoms with van der Waals surface area (Å²) in [5.41, 5.74) is 0.913. The lowest BCUT2D eigenvalue weighted by Crippen LogP contribution is -2.27. The topological polar surface area (TPSA) is 74.8 Å². The summed E-state index contributed by atoms with van der Waals surface area (Å²) < 4.78 is 26.4. The average molecular weight is 251 g/mol. The van der Waals surface area contributed by atoms with Gasteiger partial charge in [0.2, 0.25) is 0 Å². The SMILES string of the molecule is C[C@@H](NS(=O)(=O)c1cnc[nH]1)c1ccccc1. The van der Waals surface area contributed by atoms with Gasteiger partial charge in [0.15, 0.2) is 5.03 Å². The van der Waals surface area contributed by atoms with Crippen LogP contribution in [-0.4, -0.2) is 18.4 Å². The number of imidazole rings is 1. The zero-order valence-electron chi connectivity index (χ0n) is 9.29. The fraction of sp³-hybridized carbons (Fsp3) is 0.182. The van der Waals surface area contributed by atoms with Crippen molar-refractivity contribution in [3.63, 3.8) is 0 Å². The smallest absolute Gasteiger partial charge is 0.258 e. The Morgan fingerprint density at radius 2 is 2.00 bits per heavy atom. The number of sulfonamides is 1. The zero-order valence-corrected chi connectivity index (χ0v) is 10.1. The van der Waals surface area contributed by atoms with Gasteiger partial charge in [0, 0.05) is 6.04 Å². The lowest BCUT2D eigenvalue weighted by Gasteiger charge is -2.13. The van der Waals surface area contributed by atoms with Crippen LogP contribution in [0.25, 0.3) is 0 Å². The molecule has 0 aliphatic heterocycles. The molecule has 2 aromatic rings. The van der Waals surface area contributed by atoms with E-state index in [2.05, 4.69) is 14.7 Å². The third-order valence-corrected chi connectivity index (χ3v) is 3.86. The number of nitrogens with zero attached hydrogens (tertiary/aromatic N) is 1. The van der Waals surface area contributed by atoms with Gasteiger partial charge < -0.3 is 4.98 Å². The third kappa shape index (κ3) is 2.72. The molecule has 1 heterocycles. The molecule has 0 fully saturated rings. The molecule has 0 unspecified atom stereocenters. The maximum Gasteiger partial charge on any atom is 0.258 e. The monoisotopic (exact) mass is 251 g/mol. The minimum absolute atomic E-state index is 0.0697. The first-order valence-corrected chi connectivity index (χ1v) is 6.63.